The number of piperidine rings is 1. The van der Waals surface area contributed by atoms with Crippen molar-refractivity contribution in [2.75, 3.05) is 26.4 Å². The average Bonchev–Trinajstić information content (AvgIpc) is 3.01. The third-order valence-corrected chi connectivity index (χ3v) is 4.68. The second-order valence-corrected chi connectivity index (χ2v) is 6.30. The molecule has 0 radical (unpaired) electrons. The Morgan fingerprint density at radius 2 is 2.05 bits per heavy atom. The highest BCUT2D eigenvalue weighted by Crippen LogP contribution is 2.32. The van der Waals surface area contributed by atoms with Crippen LogP contribution in [-0.2, 0) is 6.54 Å². The molecule has 1 fully saturated rings. The van der Waals surface area contributed by atoms with Gasteiger partial charge in [0.25, 0.3) is 0 Å². The van der Waals surface area contributed by atoms with Crippen LogP contribution in [0.5, 0.6) is 11.5 Å². The molecule has 6 heteroatoms. The summed E-state index contributed by atoms with van der Waals surface area (Å²) in [6, 6.07) is 6.49. The number of hydrogen-bond acceptors (Lipinski definition) is 3. The van der Waals surface area contributed by atoms with Gasteiger partial charge in [-0.3, -0.25) is 0 Å². The summed E-state index contributed by atoms with van der Waals surface area (Å²) in [7, 11) is 0. The van der Waals surface area contributed by atoms with Gasteiger partial charge in [-0.1, -0.05) is 6.07 Å². The lowest BCUT2D eigenvalue weighted by molar-refractivity contribution is -0.903. The smallest absolute Gasteiger partial charge is 0.231 e. The molecule has 1 aromatic rings. The summed E-state index contributed by atoms with van der Waals surface area (Å²) < 4.78 is 10.7. The minimum Gasteiger partial charge on any atom is -0.454 e. The quantitative estimate of drug-likeness (QED) is 0.703. The van der Waals surface area contributed by atoms with Crippen molar-refractivity contribution in [3.63, 3.8) is 0 Å². The molecule has 120 valence electrons. The van der Waals surface area contributed by atoms with Gasteiger partial charge in [0, 0.05) is 25.4 Å². The van der Waals surface area contributed by atoms with Crippen LogP contribution in [0, 0.1) is 0 Å². The Labute approximate surface area is 137 Å². The standard InChI is InChI=1S/C16H23N3O2S/c1-2-19-7-5-13(6-8-19)18-16(22)17-10-12-3-4-14-15(9-12)21-11-20-14/h3-4,9,13H,2,5-8,10-11H2,1H3,(H2,17,18,22)/p+1. The minimum absolute atomic E-state index is 0.310. The molecule has 2 heterocycles. The molecule has 0 saturated carbocycles. The molecule has 1 aromatic carbocycles. The second-order valence-electron chi connectivity index (χ2n) is 5.89. The summed E-state index contributed by atoms with van der Waals surface area (Å²) in [6.07, 6.45) is 2.38. The summed E-state index contributed by atoms with van der Waals surface area (Å²) in [5.41, 5.74) is 1.14. The van der Waals surface area contributed by atoms with Gasteiger partial charge in [-0.25, -0.2) is 0 Å². The van der Waals surface area contributed by atoms with Crippen LogP contribution in [0.15, 0.2) is 18.2 Å². The molecule has 2 aliphatic heterocycles. The normalized spacial score (nSPS) is 23.1. The van der Waals surface area contributed by atoms with Gasteiger partial charge in [-0.05, 0) is 36.8 Å². The summed E-state index contributed by atoms with van der Waals surface area (Å²) in [4.78, 5) is 1.69. The number of likely N-dealkylation sites (tertiary alicyclic amines) is 1. The Morgan fingerprint density at radius 1 is 1.27 bits per heavy atom. The van der Waals surface area contributed by atoms with E-state index in [0.29, 0.717) is 19.4 Å². The Hall–Kier alpha value is -1.53. The van der Waals surface area contributed by atoms with Crippen LogP contribution in [0.2, 0.25) is 0 Å². The molecule has 0 atom stereocenters. The van der Waals surface area contributed by atoms with E-state index in [0.717, 1.165) is 22.2 Å². The Balaban J connectivity index is 1.43. The van der Waals surface area contributed by atoms with E-state index in [1.165, 1.54) is 32.5 Å². The SMILES string of the molecule is CC[NH+]1CCC(NC(=S)NCc2ccc3c(c2)OCO3)CC1. The van der Waals surface area contributed by atoms with E-state index in [4.69, 9.17) is 21.7 Å². The van der Waals surface area contributed by atoms with E-state index >= 15 is 0 Å². The molecular formula is C16H24N3O2S+. The van der Waals surface area contributed by atoms with Crippen LogP contribution in [0.3, 0.4) is 0 Å². The van der Waals surface area contributed by atoms with Gasteiger partial charge in [-0.2, -0.15) is 0 Å². The van der Waals surface area contributed by atoms with Gasteiger partial charge in [0.05, 0.1) is 19.6 Å². The van der Waals surface area contributed by atoms with E-state index < -0.39 is 0 Å². The van der Waals surface area contributed by atoms with E-state index in [-0.39, 0.29) is 0 Å². The number of benzene rings is 1. The molecule has 0 bridgehead atoms. The summed E-state index contributed by atoms with van der Waals surface area (Å²) in [5.74, 6) is 1.63. The van der Waals surface area contributed by atoms with Crippen LogP contribution in [0.25, 0.3) is 0 Å². The van der Waals surface area contributed by atoms with Crippen LogP contribution < -0.4 is 25.0 Å². The second kappa shape index (κ2) is 7.15. The predicted molar refractivity (Wildman–Crippen MR) is 89.4 cm³/mol. The highest BCUT2D eigenvalue weighted by Gasteiger charge is 2.21. The fourth-order valence-electron chi connectivity index (χ4n) is 2.99. The van der Waals surface area contributed by atoms with Crippen molar-refractivity contribution in [1.82, 2.24) is 10.6 Å². The highest BCUT2D eigenvalue weighted by atomic mass is 32.1. The van der Waals surface area contributed by atoms with Crippen molar-refractivity contribution in [2.45, 2.75) is 32.4 Å². The average molecular weight is 322 g/mol. The molecule has 5 nitrogen and oxygen atoms in total. The molecule has 0 aliphatic carbocycles. The van der Waals surface area contributed by atoms with Crippen LogP contribution in [0.1, 0.15) is 25.3 Å². The predicted octanol–water partition coefficient (Wildman–Crippen LogP) is 0.447. The summed E-state index contributed by atoms with van der Waals surface area (Å²) in [5, 5.41) is 7.46. The van der Waals surface area contributed by atoms with E-state index in [1.807, 2.05) is 18.2 Å². The van der Waals surface area contributed by atoms with Crippen LogP contribution in [0.4, 0.5) is 0 Å². The van der Waals surface area contributed by atoms with E-state index in [9.17, 15) is 0 Å². The van der Waals surface area contributed by atoms with Crippen molar-refractivity contribution in [1.29, 1.82) is 0 Å². The molecule has 0 spiro atoms. The first-order valence-corrected chi connectivity index (χ1v) is 8.42. The first kappa shape index (κ1) is 15.4. The minimum atomic E-state index is 0.310. The van der Waals surface area contributed by atoms with Gasteiger partial charge >= 0.3 is 0 Å². The van der Waals surface area contributed by atoms with Crippen LogP contribution in [-0.4, -0.2) is 37.6 Å². The molecule has 3 rings (SSSR count). The first-order chi connectivity index (χ1) is 10.7. The zero-order valence-corrected chi connectivity index (χ0v) is 13.8. The van der Waals surface area contributed by atoms with Crippen molar-refractivity contribution < 1.29 is 14.4 Å². The molecule has 1 saturated heterocycles. The fraction of sp³-hybridized carbons (Fsp3) is 0.562. The zero-order valence-electron chi connectivity index (χ0n) is 13.0. The maximum Gasteiger partial charge on any atom is 0.231 e. The Kier molecular flexibility index (Phi) is 5.00. The van der Waals surface area contributed by atoms with Crippen molar-refractivity contribution in [3.05, 3.63) is 23.8 Å². The Bertz CT molecular complexity index is 530. The lowest BCUT2D eigenvalue weighted by Gasteiger charge is -2.29. The maximum absolute atomic E-state index is 5.41. The lowest BCUT2D eigenvalue weighted by atomic mass is 10.1. The monoisotopic (exact) mass is 322 g/mol. The third-order valence-electron chi connectivity index (χ3n) is 4.42. The van der Waals surface area contributed by atoms with Gasteiger partial charge in [0.1, 0.15) is 0 Å². The van der Waals surface area contributed by atoms with Gasteiger partial charge < -0.3 is 25.0 Å². The molecule has 0 aromatic heterocycles. The number of quaternary nitrogens is 1. The number of nitrogens with one attached hydrogen (secondary N) is 3. The van der Waals surface area contributed by atoms with Crippen molar-refractivity contribution in [3.8, 4) is 11.5 Å². The van der Waals surface area contributed by atoms with Gasteiger partial charge in [0.15, 0.2) is 16.6 Å². The zero-order chi connectivity index (χ0) is 15.4. The number of hydrogen-bond donors (Lipinski definition) is 3. The molecule has 2 aliphatic rings. The number of rotatable bonds is 4. The fourth-order valence-corrected chi connectivity index (χ4v) is 3.23. The maximum atomic E-state index is 5.41. The van der Waals surface area contributed by atoms with E-state index in [2.05, 4.69) is 17.6 Å². The molecule has 22 heavy (non-hydrogen) atoms. The van der Waals surface area contributed by atoms with Crippen LogP contribution >= 0.6 is 12.2 Å². The molecule has 3 N–H and O–H groups in total. The third kappa shape index (κ3) is 3.81. The first-order valence-electron chi connectivity index (χ1n) is 8.01. The van der Waals surface area contributed by atoms with Gasteiger partial charge in [-0.15, -0.1) is 0 Å². The summed E-state index contributed by atoms with van der Waals surface area (Å²) >= 11 is 5.41. The largest absolute Gasteiger partial charge is 0.454 e. The lowest BCUT2D eigenvalue weighted by Crippen LogP contribution is -3.13. The molecule has 0 amide bonds. The van der Waals surface area contributed by atoms with Crippen molar-refractivity contribution >= 4 is 17.3 Å². The summed E-state index contributed by atoms with van der Waals surface area (Å²) in [6.45, 7) is 6.95. The number of thiocarbonyl (C=S) groups is 1. The Morgan fingerprint density at radius 3 is 2.82 bits per heavy atom. The topological polar surface area (TPSA) is 47.0 Å². The van der Waals surface area contributed by atoms with E-state index in [1.54, 1.807) is 4.90 Å². The molecular weight excluding hydrogens is 298 g/mol. The van der Waals surface area contributed by atoms with Gasteiger partial charge in [0.2, 0.25) is 6.79 Å². The van der Waals surface area contributed by atoms with Crippen molar-refractivity contribution in [2.24, 2.45) is 0 Å². The molecule has 0 unspecified atom stereocenters. The number of ether oxygens (including phenoxy) is 2. The highest BCUT2D eigenvalue weighted by molar-refractivity contribution is 7.80. The number of fused-ring (bicyclic) bond motifs is 1.